The molecule has 14 heavy (non-hydrogen) atoms. The van der Waals surface area contributed by atoms with Crippen LogP contribution in [0.1, 0.15) is 12.6 Å². The Kier molecular flexibility index (Phi) is 3.60. The fraction of sp³-hybridized carbons (Fsp3) is 0.222. The molecule has 0 aliphatic carbocycles. The van der Waals surface area contributed by atoms with Crippen molar-refractivity contribution in [1.82, 2.24) is 9.97 Å². The molecule has 0 aromatic carbocycles. The van der Waals surface area contributed by atoms with Crippen molar-refractivity contribution < 1.29 is 9.53 Å². The monoisotopic (exact) mass is 193 g/mol. The first-order valence-corrected chi connectivity index (χ1v) is 4.15. The molecule has 0 bridgehead atoms. The van der Waals surface area contributed by atoms with Crippen LogP contribution in [0.15, 0.2) is 18.3 Å². The molecule has 0 saturated heterocycles. The number of rotatable bonds is 3. The van der Waals surface area contributed by atoms with Gasteiger partial charge in [-0.05, 0) is 19.1 Å². The highest BCUT2D eigenvalue weighted by molar-refractivity contribution is 5.86. The summed E-state index contributed by atoms with van der Waals surface area (Å²) < 4.78 is 4.69. The number of esters is 1. The van der Waals surface area contributed by atoms with Crippen molar-refractivity contribution in [1.29, 1.82) is 0 Å². The number of carbonyl (C=O) groups excluding carboxylic acids is 1. The van der Waals surface area contributed by atoms with E-state index in [1.54, 1.807) is 13.0 Å². The van der Waals surface area contributed by atoms with Gasteiger partial charge in [-0.15, -0.1) is 0 Å². The zero-order chi connectivity index (χ0) is 10.4. The lowest BCUT2D eigenvalue weighted by Gasteiger charge is -1.95. The van der Waals surface area contributed by atoms with Crippen LogP contribution in [-0.2, 0) is 9.53 Å². The quantitative estimate of drug-likeness (QED) is 0.562. The van der Waals surface area contributed by atoms with Crippen LogP contribution in [0.25, 0.3) is 6.08 Å². The van der Waals surface area contributed by atoms with E-state index in [0.717, 1.165) is 0 Å². The highest BCUT2D eigenvalue weighted by Gasteiger charge is 1.95. The van der Waals surface area contributed by atoms with E-state index in [0.29, 0.717) is 12.3 Å². The zero-order valence-electron chi connectivity index (χ0n) is 7.80. The first-order valence-electron chi connectivity index (χ1n) is 4.15. The van der Waals surface area contributed by atoms with E-state index >= 15 is 0 Å². The summed E-state index contributed by atoms with van der Waals surface area (Å²) in [6.45, 7) is 2.10. The van der Waals surface area contributed by atoms with Gasteiger partial charge < -0.3 is 10.5 Å². The van der Waals surface area contributed by atoms with E-state index in [1.807, 2.05) is 0 Å². The van der Waals surface area contributed by atoms with Crippen molar-refractivity contribution in [3.63, 3.8) is 0 Å². The van der Waals surface area contributed by atoms with Gasteiger partial charge in [-0.2, -0.15) is 0 Å². The Hall–Kier alpha value is -1.91. The zero-order valence-corrected chi connectivity index (χ0v) is 7.80. The molecule has 2 N–H and O–H groups in total. The van der Waals surface area contributed by atoms with Crippen molar-refractivity contribution in [3.8, 4) is 0 Å². The normalized spacial score (nSPS) is 10.4. The molecule has 1 aromatic rings. The first-order chi connectivity index (χ1) is 6.72. The number of nitrogens with zero attached hydrogens (tertiary/aromatic N) is 2. The van der Waals surface area contributed by atoms with Gasteiger partial charge in [-0.1, -0.05) is 0 Å². The molecule has 74 valence electrons. The minimum absolute atomic E-state index is 0.177. The van der Waals surface area contributed by atoms with Gasteiger partial charge in [0.05, 0.1) is 12.3 Å². The predicted octanol–water partition coefficient (Wildman–Crippen LogP) is 0.635. The second-order valence-electron chi connectivity index (χ2n) is 2.43. The Balaban J connectivity index is 2.64. The predicted molar refractivity (Wildman–Crippen MR) is 52.1 cm³/mol. The molecule has 1 aromatic heterocycles. The van der Waals surface area contributed by atoms with E-state index in [-0.39, 0.29) is 5.95 Å². The number of nitrogen functional groups attached to an aromatic ring is 1. The van der Waals surface area contributed by atoms with Crippen LogP contribution >= 0.6 is 0 Å². The van der Waals surface area contributed by atoms with Crippen LogP contribution in [0.5, 0.6) is 0 Å². The largest absolute Gasteiger partial charge is 0.463 e. The third kappa shape index (κ3) is 3.22. The lowest BCUT2D eigenvalue weighted by atomic mass is 10.3. The van der Waals surface area contributed by atoms with E-state index in [9.17, 15) is 4.79 Å². The average molecular weight is 193 g/mol. The number of nitrogens with two attached hydrogens (primary N) is 1. The van der Waals surface area contributed by atoms with Crippen molar-refractivity contribution in [2.24, 2.45) is 0 Å². The molecule has 0 aliphatic rings. The Morgan fingerprint density at radius 1 is 1.71 bits per heavy atom. The summed E-state index contributed by atoms with van der Waals surface area (Å²) in [7, 11) is 0. The summed E-state index contributed by atoms with van der Waals surface area (Å²) in [5.41, 5.74) is 5.93. The number of hydrogen-bond donors (Lipinski definition) is 1. The van der Waals surface area contributed by atoms with Gasteiger partial charge in [0.1, 0.15) is 0 Å². The molecule has 0 unspecified atom stereocenters. The first kappa shape index (κ1) is 10.2. The van der Waals surface area contributed by atoms with E-state index in [4.69, 9.17) is 10.5 Å². The molecule has 0 radical (unpaired) electrons. The molecule has 0 atom stereocenters. The van der Waals surface area contributed by atoms with Crippen LogP contribution in [0.4, 0.5) is 5.95 Å². The maximum atomic E-state index is 10.9. The summed E-state index contributed by atoms with van der Waals surface area (Å²) in [5.74, 6) is -0.222. The molecule has 1 heterocycles. The molecule has 0 aliphatic heterocycles. The molecule has 0 fully saturated rings. The van der Waals surface area contributed by atoms with E-state index in [2.05, 4.69) is 9.97 Å². The minimum Gasteiger partial charge on any atom is -0.463 e. The second-order valence-corrected chi connectivity index (χ2v) is 2.43. The molecular formula is C9H11N3O2. The maximum Gasteiger partial charge on any atom is 0.330 e. The number of ether oxygens (including phenoxy) is 1. The number of aromatic nitrogens is 2. The second kappa shape index (κ2) is 4.96. The standard InChI is InChI=1S/C9H11N3O2/c1-2-14-8(13)4-3-7-5-6-11-9(10)12-7/h3-6H,2H2,1H3,(H2,10,11,12). The van der Waals surface area contributed by atoms with Crippen molar-refractivity contribution >= 4 is 18.0 Å². The number of carbonyl (C=O) groups is 1. The number of hydrogen-bond acceptors (Lipinski definition) is 5. The Morgan fingerprint density at radius 2 is 2.50 bits per heavy atom. The minimum atomic E-state index is -0.398. The van der Waals surface area contributed by atoms with Gasteiger partial charge in [-0.25, -0.2) is 14.8 Å². The van der Waals surface area contributed by atoms with E-state index in [1.165, 1.54) is 18.3 Å². The van der Waals surface area contributed by atoms with Crippen LogP contribution in [0, 0.1) is 0 Å². The maximum absolute atomic E-state index is 10.9. The van der Waals surface area contributed by atoms with Crippen LogP contribution in [0.2, 0.25) is 0 Å². The smallest absolute Gasteiger partial charge is 0.330 e. The van der Waals surface area contributed by atoms with Gasteiger partial charge in [0.2, 0.25) is 5.95 Å². The van der Waals surface area contributed by atoms with Gasteiger partial charge in [0.15, 0.2) is 0 Å². The molecule has 5 nitrogen and oxygen atoms in total. The molecule has 0 amide bonds. The summed E-state index contributed by atoms with van der Waals surface area (Å²) in [6.07, 6.45) is 4.34. The molecule has 0 saturated carbocycles. The molecule has 1 rings (SSSR count). The number of anilines is 1. The summed E-state index contributed by atoms with van der Waals surface area (Å²) in [6, 6.07) is 1.64. The lowest BCUT2D eigenvalue weighted by molar-refractivity contribution is -0.137. The fourth-order valence-corrected chi connectivity index (χ4v) is 0.825. The third-order valence-electron chi connectivity index (χ3n) is 1.37. The Bertz CT molecular complexity index is 350. The van der Waals surface area contributed by atoms with Crippen LogP contribution in [0.3, 0.4) is 0 Å². The third-order valence-corrected chi connectivity index (χ3v) is 1.37. The van der Waals surface area contributed by atoms with Crippen molar-refractivity contribution in [2.45, 2.75) is 6.92 Å². The summed E-state index contributed by atoms with van der Waals surface area (Å²) >= 11 is 0. The van der Waals surface area contributed by atoms with Crippen LogP contribution < -0.4 is 5.73 Å². The van der Waals surface area contributed by atoms with Gasteiger partial charge in [-0.3, -0.25) is 0 Å². The van der Waals surface area contributed by atoms with Gasteiger partial charge >= 0.3 is 5.97 Å². The lowest BCUT2D eigenvalue weighted by Crippen LogP contribution is -1.99. The van der Waals surface area contributed by atoms with Crippen molar-refractivity contribution in [3.05, 3.63) is 24.0 Å². The van der Waals surface area contributed by atoms with Crippen LogP contribution in [-0.4, -0.2) is 22.5 Å². The summed E-state index contributed by atoms with van der Waals surface area (Å²) in [5, 5.41) is 0. The highest BCUT2D eigenvalue weighted by atomic mass is 16.5. The fourth-order valence-electron chi connectivity index (χ4n) is 0.825. The molecule has 5 heteroatoms. The Labute approximate surface area is 81.6 Å². The van der Waals surface area contributed by atoms with Crippen molar-refractivity contribution in [2.75, 3.05) is 12.3 Å². The van der Waals surface area contributed by atoms with E-state index < -0.39 is 5.97 Å². The SMILES string of the molecule is CCOC(=O)C=Cc1ccnc(N)n1. The topological polar surface area (TPSA) is 78.1 Å². The molecular weight excluding hydrogens is 182 g/mol. The summed E-state index contributed by atoms with van der Waals surface area (Å²) in [4.78, 5) is 18.5. The van der Waals surface area contributed by atoms with Gasteiger partial charge in [0, 0.05) is 12.3 Å². The van der Waals surface area contributed by atoms with Gasteiger partial charge in [0.25, 0.3) is 0 Å². The average Bonchev–Trinajstić information content (AvgIpc) is 2.15. The Morgan fingerprint density at radius 3 is 3.14 bits per heavy atom. The highest BCUT2D eigenvalue weighted by Crippen LogP contribution is 1.99. The molecule has 0 spiro atoms.